The molecule has 2 heteroatoms. The van der Waals surface area contributed by atoms with Gasteiger partial charge in [0.1, 0.15) is 0 Å². The number of hydrogen-bond acceptors (Lipinski definition) is 2. The third-order valence-electron chi connectivity index (χ3n) is 2.29. The lowest BCUT2D eigenvalue weighted by Crippen LogP contribution is -2.18. The molecule has 0 aliphatic heterocycles. The van der Waals surface area contributed by atoms with Crippen LogP contribution >= 0.6 is 0 Å². The average molecular weight is 172 g/mol. The van der Waals surface area contributed by atoms with Crippen LogP contribution in [0.1, 0.15) is 33.1 Å². The minimum atomic E-state index is -0.197. The van der Waals surface area contributed by atoms with Gasteiger partial charge in [0.15, 0.2) is 0 Å². The Bertz CT molecular complexity index is 119. The number of rotatable bonds is 6. The highest BCUT2D eigenvalue weighted by Gasteiger charge is 2.29. The van der Waals surface area contributed by atoms with Gasteiger partial charge in [-0.1, -0.05) is 13.8 Å². The Morgan fingerprint density at radius 2 is 2.08 bits per heavy atom. The number of aliphatic hydroxyl groups excluding tert-OH is 1. The van der Waals surface area contributed by atoms with Crippen LogP contribution in [0.5, 0.6) is 0 Å². The third-order valence-corrected chi connectivity index (χ3v) is 2.29. The largest absolute Gasteiger partial charge is 0.390 e. The standard InChI is InChI=1S/C10H20O2/c1-8(2)5-6-12-7-10(11)9-3-4-9/h8-11H,3-7H2,1-2H3. The monoisotopic (exact) mass is 172 g/mol. The van der Waals surface area contributed by atoms with Crippen molar-refractivity contribution < 1.29 is 9.84 Å². The van der Waals surface area contributed by atoms with Gasteiger partial charge >= 0.3 is 0 Å². The first kappa shape index (κ1) is 10.0. The molecule has 0 bridgehead atoms. The molecule has 1 fully saturated rings. The summed E-state index contributed by atoms with van der Waals surface area (Å²) in [7, 11) is 0. The minimum absolute atomic E-state index is 0.197. The summed E-state index contributed by atoms with van der Waals surface area (Å²) in [4.78, 5) is 0. The zero-order chi connectivity index (χ0) is 8.97. The molecule has 0 spiro atoms. The smallest absolute Gasteiger partial charge is 0.0801 e. The topological polar surface area (TPSA) is 29.5 Å². The van der Waals surface area contributed by atoms with Gasteiger partial charge in [0.25, 0.3) is 0 Å². The maximum atomic E-state index is 9.43. The quantitative estimate of drug-likeness (QED) is 0.619. The van der Waals surface area contributed by atoms with E-state index in [0.29, 0.717) is 18.4 Å². The lowest BCUT2D eigenvalue weighted by molar-refractivity contribution is 0.0218. The summed E-state index contributed by atoms with van der Waals surface area (Å²) in [5, 5.41) is 9.43. The molecule has 72 valence electrons. The summed E-state index contributed by atoms with van der Waals surface area (Å²) < 4.78 is 5.36. The maximum absolute atomic E-state index is 9.43. The molecule has 12 heavy (non-hydrogen) atoms. The first-order chi connectivity index (χ1) is 5.70. The fraction of sp³-hybridized carbons (Fsp3) is 1.00. The van der Waals surface area contributed by atoms with Crippen LogP contribution in [0.3, 0.4) is 0 Å². The lowest BCUT2D eigenvalue weighted by Gasteiger charge is -2.10. The van der Waals surface area contributed by atoms with Crippen LogP contribution in [0, 0.1) is 11.8 Å². The lowest BCUT2D eigenvalue weighted by atomic mass is 10.1. The zero-order valence-electron chi connectivity index (χ0n) is 8.12. The van der Waals surface area contributed by atoms with Crippen molar-refractivity contribution in [3.05, 3.63) is 0 Å². The summed E-state index contributed by atoms with van der Waals surface area (Å²) in [6.07, 6.45) is 3.28. The molecule has 0 aromatic heterocycles. The van der Waals surface area contributed by atoms with E-state index in [0.717, 1.165) is 13.0 Å². The summed E-state index contributed by atoms with van der Waals surface area (Å²) in [6, 6.07) is 0. The van der Waals surface area contributed by atoms with Crippen molar-refractivity contribution >= 4 is 0 Å². The zero-order valence-corrected chi connectivity index (χ0v) is 8.12. The Morgan fingerprint density at radius 1 is 1.42 bits per heavy atom. The van der Waals surface area contributed by atoms with Crippen LogP contribution in [0.15, 0.2) is 0 Å². The molecule has 0 saturated heterocycles. The molecule has 0 amide bonds. The Morgan fingerprint density at radius 3 is 2.58 bits per heavy atom. The number of aliphatic hydroxyl groups is 1. The van der Waals surface area contributed by atoms with E-state index in [1.807, 2.05) is 0 Å². The summed E-state index contributed by atoms with van der Waals surface area (Å²) in [5.74, 6) is 1.24. The van der Waals surface area contributed by atoms with Crippen LogP contribution in [-0.2, 0) is 4.74 Å². The second-order valence-electron chi connectivity index (χ2n) is 4.16. The highest BCUT2D eigenvalue weighted by Crippen LogP contribution is 2.32. The Kier molecular flexibility index (Phi) is 4.02. The summed E-state index contributed by atoms with van der Waals surface area (Å²) in [5.41, 5.74) is 0. The van der Waals surface area contributed by atoms with Crippen LogP contribution in [0.2, 0.25) is 0 Å². The van der Waals surface area contributed by atoms with Crippen molar-refractivity contribution in [1.82, 2.24) is 0 Å². The van der Waals surface area contributed by atoms with Gasteiger partial charge in [-0.2, -0.15) is 0 Å². The Labute approximate surface area is 74.9 Å². The highest BCUT2D eigenvalue weighted by atomic mass is 16.5. The van der Waals surface area contributed by atoms with Crippen molar-refractivity contribution in [2.45, 2.75) is 39.2 Å². The van der Waals surface area contributed by atoms with Crippen molar-refractivity contribution in [2.75, 3.05) is 13.2 Å². The van der Waals surface area contributed by atoms with Crippen LogP contribution in [0.25, 0.3) is 0 Å². The molecule has 0 aromatic carbocycles. The van der Waals surface area contributed by atoms with Gasteiger partial charge in [0, 0.05) is 6.61 Å². The van der Waals surface area contributed by atoms with Crippen molar-refractivity contribution in [3.8, 4) is 0 Å². The molecule has 1 aliphatic carbocycles. The molecule has 1 N–H and O–H groups in total. The minimum Gasteiger partial charge on any atom is -0.390 e. The van der Waals surface area contributed by atoms with E-state index < -0.39 is 0 Å². The van der Waals surface area contributed by atoms with Crippen LogP contribution in [-0.4, -0.2) is 24.4 Å². The van der Waals surface area contributed by atoms with Gasteiger partial charge in [-0.15, -0.1) is 0 Å². The predicted octanol–water partition coefficient (Wildman–Crippen LogP) is 1.82. The number of hydrogen-bond donors (Lipinski definition) is 1. The van der Waals surface area contributed by atoms with Gasteiger partial charge in [-0.3, -0.25) is 0 Å². The van der Waals surface area contributed by atoms with Gasteiger partial charge in [0.05, 0.1) is 12.7 Å². The molecular weight excluding hydrogens is 152 g/mol. The first-order valence-corrected chi connectivity index (χ1v) is 4.96. The third kappa shape index (κ3) is 4.07. The highest BCUT2D eigenvalue weighted by molar-refractivity contribution is 4.80. The van der Waals surface area contributed by atoms with Crippen molar-refractivity contribution in [1.29, 1.82) is 0 Å². The average Bonchev–Trinajstić information content (AvgIpc) is 2.79. The predicted molar refractivity (Wildman–Crippen MR) is 49.0 cm³/mol. The molecule has 1 aliphatic rings. The van der Waals surface area contributed by atoms with E-state index in [1.165, 1.54) is 12.8 Å². The van der Waals surface area contributed by atoms with E-state index >= 15 is 0 Å². The maximum Gasteiger partial charge on any atom is 0.0801 e. The second-order valence-corrected chi connectivity index (χ2v) is 4.16. The van der Waals surface area contributed by atoms with Gasteiger partial charge < -0.3 is 9.84 Å². The molecule has 0 aromatic rings. The Hall–Kier alpha value is -0.0800. The van der Waals surface area contributed by atoms with E-state index in [4.69, 9.17) is 4.74 Å². The Balaban J connectivity index is 1.87. The molecule has 0 heterocycles. The molecule has 1 unspecified atom stereocenters. The molecule has 1 rings (SSSR count). The van der Waals surface area contributed by atoms with E-state index in [9.17, 15) is 5.11 Å². The van der Waals surface area contributed by atoms with Crippen LogP contribution in [0.4, 0.5) is 0 Å². The van der Waals surface area contributed by atoms with Gasteiger partial charge in [-0.05, 0) is 31.1 Å². The summed E-state index contributed by atoms with van der Waals surface area (Å²) >= 11 is 0. The van der Waals surface area contributed by atoms with Crippen LogP contribution < -0.4 is 0 Å². The van der Waals surface area contributed by atoms with Crippen molar-refractivity contribution in [2.24, 2.45) is 11.8 Å². The molecule has 2 nitrogen and oxygen atoms in total. The normalized spacial score (nSPS) is 20.0. The second kappa shape index (κ2) is 4.83. The summed E-state index contributed by atoms with van der Waals surface area (Å²) in [6.45, 7) is 5.69. The molecular formula is C10H20O2. The van der Waals surface area contributed by atoms with E-state index in [-0.39, 0.29) is 6.10 Å². The molecule has 1 atom stereocenters. The SMILES string of the molecule is CC(C)CCOCC(O)C1CC1. The van der Waals surface area contributed by atoms with E-state index in [1.54, 1.807) is 0 Å². The van der Waals surface area contributed by atoms with E-state index in [2.05, 4.69) is 13.8 Å². The number of ether oxygens (including phenoxy) is 1. The fourth-order valence-electron chi connectivity index (χ4n) is 1.14. The van der Waals surface area contributed by atoms with Gasteiger partial charge in [-0.25, -0.2) is 0 Å². The molecule has 1 saturated carbocycles. The fourth-order valence-corrected chi connectivity index (χ4v) is 1.14. The van der Waals surface area contributed by atoms with Gasteiger partial charge in [0.2, 0.25) is 0 Å². The van der Waals surface area contributed by atoms with Crippen molar-refractivity contribution in [3.63, 3.8) is 0 Å². The molecule has 0 radical (unpaired) electrons. The first-order valence-electron chi connectivity index (χ1n) is 4.96.